The predicted molar refractivity (Wildman–Crippen MR) is 90.3 cm³/mol. The highest BCUT2D eigenvalue weighted by Crippen LogP contribution is 2.38. The van der Waals surface area contributed by atoms with Crippen molar-refractivity contribution in [2.75, 3.05) is 11.9 Å². The summed E-state index contributed by atoms with van der Waals surface area (Å²) in [5.74, 6) is 2.44. The fourth-order valence-corrected chi connectivity index (χ4v) is 3.03. The van der Waals surface area contributed by atoms with Gasteiger partial charge in [-0.1, -0.05) is 18.2 Å². The van der Waals surface area contributed by atoms with Crippen molar-refractivity contribution in [3.8, 4) is 5.75 Å². The Labute approximate surface area is 140 Å². The van der Waals surface area contributed by atoms with Crippen molar-refractivity contribution in [2.24, 2.45) is 0 Å². The van der Waals surface area contributed by atoms with Crippen molar-refractivity contribution in [3.63, 3.8) is 0 Å². The summed E-state index contributed by atoms with van der Waals surface area (Å²) in [6.07, 6.45) is 5.66. The van der Waals surface area contributed by atoms with Crippen molar-refractivity contribution < 1.29 is 9.53 Å². The summed E-state index contributed by atoms with van der Waals surface area (Å²) in [5.41, 5.74) is 1.74. The zero-order valence-electron chi connectivity index (χ0n) is 13.5. The molecule has 24 heavy (non-hydrogen) atoms. The largest absolute Gasteiger partial charge is 0.493 e. The van der Waals surface area contributed by atoms with Gasteiger partial charge in [-0.05, 0) is 25.8 Å². The minimum absolute atomic E-state index is 0.0414. The van der Waals surface area contributed by atoms with E-state index in [0.717, 1.165) is 30.0 Å². The van der Waals surface area contributed by atoms with E-state index < -0.39 is 0 Å². The van der Waals surface area contributed by atoms with Gasteiger partial charge in [-0.2, -0.15) is 0 Å². The number of carbonyl (C=O) groups excluding carboxylic acids is 1. The topological polar surface area (TPSA) is 76.1 Å². The zero-order valence-corrected chi connectivity index (χ0v) is 13.5. The monoisotopic (exact) mass is 324 g/mol. The van der Waals surface area contributed by atoms with E-state index in [9.17, 15) is 4.79 Å². The third-order valence-electron chi connectivity index (χ3n) is 4.57. The lowest BCUT2D eigenvalue weighted by molar-refractivity contribution is 0.244. The molecule has 6 nitrogen and oxygen atoms in total. The number of para-hydroxylation sites is 1. The van der Waals surface area contributed by atoms with E-state index in [0.29, 0.717) is 18.2 Å². The highest BCUT2D eigenvalue weighted by atomic mass is 16.5. The van der Waals surface area contributed by atoms with Crippen LogP contribution >= 0.6 is 0 Å². The van der Waals surface area contributed by atoms with Crippen LogP contribution in [0.15, 0.2) is 36.7 Å². The molecule has 0 bridgehead atoms. The molecule has 2 amide bonds. The Hall–Kier alpha value is -2.63. The molecule has 2 N–H and O–H groups in total. The Kier molecular flexibility index (Phi) is 3.80. The summed E-state index contributed by atoms with van der Waals surface area (Å²) in [6, 6.07) is 7.66. The fraction of sp³-hybridized carbons (Fsp3) is 0.389. The van der Waals surface area contributed by atoms with Gasteiger partial charge in [0.25, 0.3) is 0 Å². The van der Waals surface area contributed by atoms with Crippen LogP contribution in [0.5, 0.6) is 5.75 Å². The molecule has 0 spiro atoms. The highest BCUT2D eigenvalue weighted by Gasteiger charge is 2.29. The van der Waals surface area contributed by atoms with Gasteiger partial charge in [0.1, 0.15) is 11.6 Å². The molecule has 2 heterocycles. The average Bonchev–Trinajstić information content (AvgIpc) is 3.34. The first-order valence-electron chi connectivity index (χ1n) is 8.32. The van der Waals surface area contributed by atoms with Crippen LogP contribution in [0, 0.1) is 0 Å². The van der Waals surface area contributed by atoms with Gasteiger partial charge in [0.05, 0.1) is 24.7 Å². The van der Waals surface area contributed by atoms with Gasteiger partial charge in [0.2, 0.25) is 0 Å². The molecule has 1 saturated carbocycles. The summed E-state index contributed by atoms with van der Waals surface area (Å²) in [5, 5.41) is 5.77. The van der Waals surface area contributed by atoms with Crippen molar-refractivity contribution in [2.45, 2.75) is 37.6 Å². The fourth-order valence-electron chi connectivity index (χ4n) is 3.03. The number of carbonyl (C=O) groups is 1. The van der Waals surface area contributed by atoms with Crippen LogP contribution in [0.2, 0.25) is 0 Å². The Morgan fingerprint density at radius 1 is 1.25 bits per heavy atom. The molecule has 124 valence electrons. The molecule has 0 unspecified atom stereocenters. The van der Waals surface area contributed by atoms with Crippen LogP contribution in [0.25, 0.3) is 0 Å². The maximum atomic E-state index is 12.2. The standard InChI is InChI=1S/C18H20N4O2/c1-11(15-10-24-16-5-3-2-4-14(15)16)21-18(23)22-13-8-19-17(20-9-13)12-6-7-12/h2-5,8-9,11-12,15H,6-7,10H2,1H3,(H2,21,22,23)/t11-,15-/m0/s1. The molecule has 2 atom stereocenters. The maximum Gasteiger partial charge on any atom is 0.319 e. The number of nitrogens with zero attached hydrogens (tertiary/aromatic N) is 2. The number of nitrogens with one attached hydrogen (secondary N) is 2. The summed E-state index contributed by atoms with van der Waals surface area (Å²) in [4.78, 5) is 20.8. The number of benzene rings is 1. The maximum absolute atomic E-state index is 12.2. The SMILES string of the molecule is C[C@H](NC(=O)Nc1cnc(C2CC2)nc1)[C@@H]1COc2ccccc21. The lowest BCUT2D eigenvalue weighted by atomic mass is 9.94. The van der Waals surface area contributed by atoms with Crippen molar-refractivity contribution >= 4 is 11.7 Å². The summed E-state index contributed by atoms with van der Waals surface area (Å²) < 4.78 is 5.68. The van der Waals surface area contributed by atoms with Crippen LogP contribution in [-0.2, 0) is 0 Å². The second-order valence-corrected chi connectivity index (χ2v) is 6.45. The highest BCUT2D eigenvalue weighted by molar-refractivity contribution is 5.89. The number of hydrogen-bond donors (Lipinski definition) is 2. The van der Waals surface area contributed by atoms with Gasteiger partial charge in [-0.25, -0.2) is 14.8 Å². The molecule has 1 aliphatic carbocycles. The molecule has 0 saturated heterocycles. The van der Waals surface area contributed by atoms with E-state index in [1.807, 2.05) is 31.2 Å². The summed E-state index contributed by atoms with van der Waals surface area (Å²) >= 11 is 0. The van der Waals surface area contributed by atoms with Crippen LogP contribution in [0.3, 0.4) is 0 Å². The number of rotatable bonds is 4. The summed E-state index contributed by atoms with van der Waals surface area (Å²) in [6.45, 7) is 2.57. The van der Waals surface area contributed by atoms with Gasteiger partial charge in [0.15, 0.2) is 0 Å². The molecule has 2 aromatic rings. The molecule has 1 fully saturated rings. The zero-order chi connectivity index (χ0) is 16.5. The van der Waals surface area contributed by atoms with E-state index in [4.69, 9.17) is 4.74 Å². The molecule has 1 aromatic carbocycles. The molecule has 1 aliphatic heterocycles. The molecule has 2 aliphatic rings. The predicted octanol–water partition coefficient (Wildman–Crippen LogP) is 3.04. The second-order valence-electron chi connectivity index (χ2n) is 6.45. The van der Waals surface area contributed by atoms with Gasteiger partial charge >= 0.3 is 6.03 Å². The van der Waals surface area contributed by atoms with Gasteiger partial charge in [-0.3, -0.25) is 0 Å². The third-order valence-corrected chi connectivity index (χ3v) is 4.57. The number of hydrogen-bond acceptors (Lipinski definition) is 4. The van der Waals surface area contributed by atoms with Crippen LogP contribution < -0.4 is 15.4 Å². The number of anilines is 1. The Balaban J connectivity index is 1.35. The van der Waals surface area contributed by atoms with Gasteiger partial charge < -0.3 is 15.4 Å². The Bertz CT molecular complexity index is 743. The molecule has 1 aromatic heterocycles. The van der Waals surface area contributed by atoms with Crippen molar-refractivity contribution in [1.82, 2.24) is 15.3 Å². The van der Waals surface area contributed by atoms with Crippen LogP contribution in [0.1, 0.15) is 43.0 Å². The lowest BCUT2D eigenvalue weighted by Crippen LogP contribution is -2.40. The molecule has 4 rings (SSSR count). The van der Waals surface area contributed by atoms with Gasteiger partial charge in [-0.15, -0.1) is 0 Å². The van der Waals surface area contributed by atoms with E-state index in [1.54, 1.807) is 12.4 Å². The minimum atomic E-state index is -0.255. The van der Waals surface area contributed by atoms with E-state index in [1.165, 1.54) is 0 Å². The number of ether oxygens (including phenoxy) is 1. The van der Waals surface area contributed by atoms with E-state index in [2.05, 4.69) is 20.6 Å². The average molecular weight is 324 g/mol. The first-order valence-corrected chi connectivity index (χ1v) is 8.32. The Morgan fingerprint density at radius 3 is 2.75 bits per heavy atom. The van der Waals surface area contributed by atoms with E-state index in [-0.39, 0.29) is 18.0 Å². The number of fused-ring (bicyclic) bond motifs is 1. The number of amides is 2. The van der Waals surface area contributed by atoms with Crippen LogP contribution in [0.4, 0.5) is 10.5 Å². The summed E-state index contributed by atoms with van der Waals surface area (Å²) in [7, 11) is 0. The second kappa shape index (κ2) is 6.11. The molecular weight excluding hydrogens is 304 g/mol. The number of aromatic nitrogens is 2. The quantitative estimate of drug-likeness (QED) is 0.906. The molecule has 6 heteroatoms. The smallest absolute Gasteiger partial charge is 0.319 e. The van der Waals surface area contributed by atoms with Crippen molar-refractivity contribution in [3.05, 3.63) is 48.0 Å². The first kappa shape index (κ1) is 14.9. The van der Waals surface area contributed by atoms with Crippen LogP contribution in [-0.4, -0.2) is 28.6 Å². The van der Waals surface area contributed by atoms with Crippen molar-refractivity contribution in [1.29, 1.82) is 0 Å². The molecule has 0 radical (unpaired) electrons. The molecular formula is C18H20N4O2. The Morgan fingerprint density at radius 2 is 2.00 bits per heavy atom. The first-order chi connectivity index (χ1) is 11.7. The van der Waals surface area contributed by atoms with E-state index >= 15 is 0 Å². The normalized spacial score (nSPS) is 20.0. The third kappa shape index (κ3) is 3.04. The lowest BCUT2D eigenvalue weighted by Gasteiger charge is -2.20. The minimum Gasteiger partial charge on any atom is -0.493 e. The number of urea groups is 1. The van der Waals surface area contributed by atoms with Gasteiger partial charge in [0, 0.05) is 23.4 Å².